The number of halogens is 2. The van der Waals surface area contributed by atoms with Crippen molar-refractivity contribution < 1.29 is 0 Å². The van der Waals surface area contributed by atoms with E-state index in [0.717, 1.165) is 15.5 Å². The Labute approximate surface area is 88.8 Å². The molecular weight excluding hydrogens is 251 g/mol. The predicted octanol–water partition coefficient (Wildman–Crippen LogP) is 3.23. The van der Waals surface area contributed by atoms with Gasteiger partial charge in [-0.2, -0.15) is 0 Å². The minimum absolute atomic E-state index is 0.664. The van der Waals surface area contributed by atoms with Gasteiger partial charge in [-0.3, -0.25) is 0 Å². The van der Waals surface area contributed by atoms with E-state index in [0.29, 0.717) is 10.7 Å². The second-order valence-corrected chi connectivity index (χ2v) is 3.94. The largest absolute Gasteiger partial charge is 0.398 e. The highest BCUT2D eigenvalue weighted by molar-refractivity contribution is 9.10. The fraction of sp³-hybridized carbons (Fsp3) is 0. The minimum atomic E-state index is 0.664. The Hall–Kier alpha value is -0.800. The summed E-state index contributed by atoms with van der Waals surface area (Å²) in [6.07, 6.45) is 0. The molecule has 0 unspecified atom stereocenters. The molecule has 1 heterocycles. The van der Waals surface area contributed by atoms with Gasteiger partial charge in [-0.25, -0.2) is 4.98 Å². The van der Waals surface area contributed by atoms with Crippen LogP contribution < -0.4 is 5.73 Å². The van der Waals surface area contributed by atoms with Gasteiger partial charge in [-0.05, 0) is 40.2 Å². The monoisotopic (exact) mass is 256 g/mol. The molecule has 0 saturated heterocycles. The zero-order chi connectivity index (χ0) is 9.42. The van der Waals surface area contributed by atoms with E-state index < -0.39 is 0 Å². The van der Waals surface area contributed by atoms with Crippen LogP contribution in [0.25, 0.3) is 10.9 Å². The number of hydrogen-bond acceptors (Lipinski definition) is 2. The second kappa shape index (κ2) is 3.16. The summed E-state index contributed by atoms with van der Waals surface area (Å²) in [6.45, 7) is 0. The molecule has 2 N–H and O–H groups in total. The van der Waals surface area contributed by atoms with Gasteiger partial charge in [0.05, 0.1) is 5.52 Å². The van der Waals surface area contributed by atoms with Gasteiger partial charge in [-0.15, -0.1) is 0 Å². The predicted molar refractivity (Wildman–Crippen MR) is 58.9 cm³/mol. The van der Waals surface area contributed by atoms with Crippen LogP contribution in [0.2, 0.25) is 5.02 Å². The first-order chi connectivity index (χ1) is 6.16. The quantitative estimate of drug-likeness (QED) is 0.736. The molecule has 13 heavy (non-hydrogen) atoms. The maximum atomic E-state index is 5.83. The van der Waals surface area contributed by atoms with E-state index in [-0.39, 0.29) is 0 Å². The number of rotatable bonds is 0. The second-order valence-electron chi connectivity index (χ2n) is 2.70. The van der Waals surface area contributed by atoms with Crippen molar-refractivity contribution in [1.29, 1.82) is 0 Å². The molecule has 0 aliphatic heterocycles. The van der Waals surface area contributed by atoms with Crippen LogP contribution in [0, 0.1) is 0 Å². The van der Waals surface area contributed by atoms with Crippen molar-refractivity contribution in [1.82, 2.24) is 4.98 Å². The van der Waals surface area contributed by atoms with Crippen molar-refractivity contribution in [3.63, 3.8) is 0 Å². The van der Waals surface area contributed by atoms with E-state index in [4.69, 9.17) is 17.3 Å². The average molecular weight is 258 g/mol. The standard InChI is InChI=1S/C9H6BrClN2/c10-9-4-7(12)6-2-1-5(11)3-8(6)13-9/h1-4H,(H2,12,13). The van der Waals surface area contributed by atoms with Crippen LogP contribution in [0.4, 0.5) is 5.69 Å². The number of hydrogen-bond donors (Lipinski definition) is 1. The topological polar surface area (TPSA) is 38.9 Å². The van der Waals surface area contributed by atoms with Gasteiger partial charge in [-0.1, -0.05) is 11.6 Å². The fourth-order valence-electron chi connectivity index (χ4n) is 1.19. The molecule has 1 aromatic heterocycles. The van der Waals surface area contributed by atoms with E-state index in [1.54, 1.807) is 18.2 Å². The lowest BCUT2D eigenvalue weighted by Crippen LogP contribution is -1.89. The third-order valence-corrected chi connectivity index (χ3v) is 2.41. The number of nitrogens with two attached hydrogens (primary N) is 1. The molecule has 0 aliphatic rings. The summed E-state index contributed by atoms with van der Waals surface area (Å²) in [6, 6.07) is 7.23. The molecule has 0 spiro atoms. The van der Waals surface area contributed by atoms with E-state index in [2.05, 4.69) is 20.9 Å². The van der Waals surface area contributed by atoms with Gasteiger partial charge in [0.2, 0.25) is 0 Å². The molecule has 0 saturated carbocycles. The lowest BCUT2D eigenvalue weighted by Gasteiger charge is -2.02. The fourth-order valence-corrected chi connectivity index (χ4v) is 1.80. The molecule has 0 fully saturated rings. The van der Waals surface area contributed by atoms with Crippen molar-refractivity contribution in [2.24, 2.45) is 0 Å². The molecule has 2 aromatic rings. The van der Waals surface area contributed by atoms with Gasteiger partial charge in [0, 0.05) is 16.1 Å². The third-order valence-electron chi connectivity index (χ3n) is 1.77. The number of nitrogens with zero attached hydrogens (tertiary/aromatic N) is 1. The average Bonchev–Trinajstić information content (AvgIpc) is 2.02. The molecular formula is C9H6BrClN2. The summed E-state index contributed by atoms with van der Waals surface area (Å²) in [7, 11) is 0. The zero-order valence-electron chi connectivity index (χ0n) is 6.59. The third kappa shape index (κ3) is 1.62. The van der Waals surface area contributed by atoms with Gasteiger partial charge >= 0.3 is 0 Å². The van der Waals surface area contributed by atoms with Gasteiger partial charge in [0.15, 0.2) is 0 Å². The summed E-state index contributed by atoms with van der Waals surface area (Å²) >= 11 is 9.10. The molecule has 0 bridgehead atoms. The smallest absolute Gasteiger partial charge is 0.108 e. The molecule has 66 valence electrons. The highest BCUT2D eigenvalue weighted by Gasteiger charge is 2.01. The summed E-state index contributed by atoms with van der Waals surface area (Å²) in [5, 5.41) is 1.59. The van der Waals surface area contributed by atoms with E-state index in [1.807, 2.05) is 6.07 Å². The normalized spacial score (nSPS) is 10.6. The Morgan fingerprint density at radius 3 is 2.85 bits per heavy atom. The van der Waals surface area contributed by atoms with Crippen LogP contribution in [0.15, 0.2) is 28.9 Å². The molecule has 0 radical (unpaired) electrons. The van der Waals surface area contributed by atoms with Crippen molar-refractivity contribution in [2.75, 3.05) is 5.73 Å². The van der Waals surface area contributed by atoms with Crippen molar-refractivity contribution in [3.8, 4) is 0 Å². The van der Waals surface area contributed by atoms with Crippen molar-refractivity contribution >= 4 is 44.1 Å². The van der Waals surface area contributed by atoms with Crippen LogP contribution in [0.1, 0.15) is 0 Å². The molecule has 2 rings (SSSR count). The van der Waals surface area contributed by atoms with E-state index in [1.165, 1.54) is 0 Å². The van der Waals surface area contributed by atoms with Crippen molar-refractivity contribution in [3.05, 3.63) is 33.9 Å². The number of fused-ring (bicyclic) bond motifs is 1. The first-order valence-electron chi connectivity index (χ1n) is 3.68. The number of nitrogen functional groups attached to an aromatic ring is 1. The Kier molecular flexibility index (Phi) is 2.14. The van der Waals surface area contributed by atoms with Crippen LogP contribution >= 0.6 is 27.5 Å². The first-order valence-corrected chi connectivity index (χ1v) is 4.85. The zero-order valence-corrected chi connectivity index (χ0v) is 8.93. The lowest BCUT2D eigenvalue weighted by molar-refractivity contribution is 1.35. The number of pyridine rings is 1. The molecule has 4 heteroatoms. The Morgan fingerprint density at radius 1 is 1.31 bits per heavy atom. The molecule has 2 nitrogen and oxygen atoms in total. The Morgan fingerprint density at radius 2 is 2.08 bits per heavy atom. The molecule has 0 aliphatic carbocycles. The number of aromatic nitrogens is 1. The highest BCUT2D eigenvalue weighted by atomic mass is 79.9. The lowest BCUT2D eigenvalue weighted by atomic mass is 10.2. The maximum absolute atomic E-state index is 5.83. The van der Waals surface area contributed by atoms with E-state index >= 15 is 0 Å². The first kappa shape index (κ1) is 8.78. The molecule has 0 atom stereocenters. The summed E-state index contributed by atoms with van der Waals surface area (Å²) in [5.41, 5.74) is 7.30. The van der Waals surface area contributed by atoms with Gasteiger partial charge in [0.25, 0.3) is 0 Å². The van der Waals surface area contributed by atoms with Crippen LogP contribution in [-0.4, -0.2) is 4.98 Å². The van der Waals surface area contributed by atoms with Crippen LogP contribution in [0.5, 0.6) is 0 Å². The molecule has 1 aromatic carbocycles. The Balaban J connectivity index is 2.86. The summed E-state index contributed by atoms with van der Waals surface area (Å²) in [4.78, 5) is 4.25. The van der Waals surface area contributed by atoms with Crippen LogP contribution in [0.3, 0.4) is 0 Å². The van der Waals surface area contributed by atoms with Crippen molar-refractivity contribution in [2.45, 2.75) is 0 Å². The van der Waals surface area contributed by atoms with E-state index in [9.17, 15) is 0 Å². The Bertz CT molecular complexity index is 465. The highest BCUT2D eigenvalue weighted by Crippen LogP contribution is 2.25. The minimum Gasteiger partial charge on any atom is -0.398 e. The van der Waals surface area contributed by atoms with Gasteiger partial charge < -0.3 is 5.73 Å². The maximum Gasteiger partial charge on any atom is 0.108 e. The number of benzene rings is 1. The SMILES string of the molecule is Nc1cc(Br)nc2cc(Cl)ccc12. The summed E-state index contributed by atoms with van der Waals surface area (Å²) in [5.74, 6) is 0. The summed E-state index contributed by atoms with van der Waals surface area (Å²) < 4.78 is 0.722. The van der Waals surface area contributed by atoms with Crippen LogP contribution in [-0.2, 0) is 0 Å². The van der Waals surface area contributed by atoms with Gasteiger partial charge in [0.1, 0.15) is 4.60 Å². The number of anilines is 1. The molecule has 0 amide bonds.